The molecule has 0 bridgehead atoms. The second-order valence-electron chi connectivity index (χ2n) is 19.9. The minimum atomic E-state index is -0.891. The molecule has 9 amide bonds. The second kappa shape index (κ2) is 31.7. The van der Waals surface area contributed by atoms with Crippen molar-refractivity contribution in [2.45, 2.75) is 79.0 Å². The number of nitrogens with one attached hydrogen (secondary N) is 4. The molecular weight excluding hydrogens is 1180 g/mol. The van der Waals surface area contributed by atoms with Gasteiger partial charge in [-0.2, -0.15) is 10.2 Å². The topological polar surface area (TPSA) is 354 Å². The molecule has 24 nitrogen and oxygen atoms in total. The first kappa shape index (κ1) is 66.9. The summed E-state index contributed by atoms with van der Waals surface area (Å²) in [7, 11) is 0. The van der Waals surface area contributed by atoms with Gasteiger partial charge in [0.05, 0.1) is 34.2 Å². The molecular formula is C60H62Cl2F2N16O8. The van der Waals surface area contributed by atoms with Gasteiger partial charge in [-0.05, 0) is 98.0 Å². The number of halogens is 4. The molecule has 0 saturated carbocycles. The SMILES string of the molecule is CC(C)N(CC(=O)NCc1cccc(Cl)c1F)C(=O)Cn1nc(C(N)=O)c2cc(C(=O)N=[N+]=[N-])ccc21.CC(C)N(CC(=O)NCc1cccc(Cl)c1F)C(=O)Cn1nc(C(N)=O)c2cc(NC(=O)NCc3ccccc3)ccc21.NCc1ccccc1. The molecule has 0 unspecified atom stereocenters. The van der Waals surface area contributed by atoms with E-state index < -0.39 is 59.0 Å². The van der Waals surface area contributed by atoms with Gasteiger partial charge in [-0.25, -0.2) is 13.6 Å². The van der Waals surface area contributed by atoms with Crippen molar-refractivity contribution < 1.29 is 47.1 Å². The third-order valence-corrected chi connectivity index (χ3v) is 13.7. The van der Waals surface area contributed by atoms with Crippen molar-refractivity contribution in [3.63, 3.8) is 0 Å². The summed E-state index contributed by atoms with van der Waals surface area (Å²) in [5, 5.41) is 22.4. The van der Waals surface area contributed by atoms with Crippen molar-refractivity contribution in [1.82, 2.24) is 45.3 Å². The van der Waals surface area contributed by atoms with Gasteiger partial charge >= 0.3 is 6.03 Å². The maximum Gasteiger partial charge on any atom is 0.319 e. The number of aromatic nitrogens is 4. The van der Waals surface area contributed by atoms with E-state index in [9.17, 15) is 47.1 Å². The molecule has 28 heteroatoms. The predicted octanol–water partition coefficient (Wildman–Crippen LogP) is 7.88. The lowest BCUT2D eigenvalue weighted by Crippen LogP contribution is -2.45. The van der Waals surface area contributed by atoms with Gasteiger partial charge in [0, 0.05) is 76.3 Å². The first-order chi connectivity index (χ1) is 42.0. The zero-order valence-electron chi connectivity index (χ0n) is 48.0. The van der Waals surface area contributed by atoms with Crippen molar-refractivity contribution >= 4 is 98.1 Å². The third kappa shape index (κ3) is 18.4. The molecule has 0 aliphatic rings. The van der Waals surface area contributed by atoms with Gasteiger partial charge in [-0.15, -0.1) is 0 Å². The van der Waals surface area contributed by atoms with Gasteiger partial charge < -0.3 is 48.3 Å². The van der Waals surface area contributed by atoms with Crippen LogP contribution in [-0.4, -0.2) is 102 Å². The lowest BCUT2D eigenvalue weighted by Gasteiger charge is -2.26. The minimum absolute atomic E-state index is 0.00953. The van der Waals surface area contributed by atoms with Crippen LogP contribution in [0.2, 0.25) is 10.0 Å². The number of nitrogens with zero attached hydrogens (tertiary/aromatic N) is 9. The highest BCUT2D eigenvalue weighted by atomic mass is 35.5. The van der Waals surface area contributed by atoms with Gasteiger partial charge in [0.25, 0.3) is 11.8 Å². The Kier molecular flexibility index (Phi) is 24.1. The quantitative estimate of drug-likeness (QED) is 0.0206. The lowest BCUT2D eigenvalue weighted by atomic mass is 10.1. The fourth-order valence-electron chi connectivity index (χ4n) is 8.57. The molecule has 0 atom stereocenters. The van der Waals surface area contributed by atoms with Gasteiger partial charge in [-0.1, -0.05) is 108 Å². The van der Waals surface area contributed by atoms with Gasteiger partial charge in [0.1, 0.15) is 24.7 Å². The number of nitrogens with two attached hydrogens (primary N) is 3. The van der Waals surface area contributed by atoms with Crippen LogP contribution in [0.15, 0.2) is 139 Å². The van der Waals surface area contributed by atoms with E-state index >= 15 is 0 Å². The summed E-state index contributed by atoms with van der Waals surface area (Å²) >= 11 is 11.6. The first-order valence-electron chi connectivity index (χ1n) is 27.0. The van der Waals surface area contributed by atoms with E-state index in [1.54, 1.807) is 58.0 Å². The molecule has 88 heavy (non-hydrogen) atoms. The average Bonchev–Trinajstić information content (AvgIpc) is 2.55. The molecule has 0 saturated heterocycles. The summed E-state index contributed by atoms with van der Waals surface area (Å²) in [6.45, 7) is 6.44. The monoisotopic (exact) mass is 1240 g/mol. The number of azide groups is 1. The maximum absolute atomic E-state index is 14.2. The molecule has 0 spiro atoms. The number of fused-ring (bicyclic) bond motifs is 2. The summed E-state index contributed by atoms with van der Waals surface area (Å²) in [6, 6.07) is 36.0. The molecule has 10 N–H and O–H groups in total. The first-order valence-corrected chi connectivity index (χ1v) is 27.8. The number of carbonyl (C=O) groups is 8. The third-order valence-electron chi connectivity index (χ3n) is 13.1. The van der Waals surface area contributed by atoms with Crippen LogP contribution in [0.25, 0.3) is 32.2 Å². The number of carbonyl (C=O) groups excluding carboxylic acids is 8. The molecule has 0 radical (unpaired) electrons. The largest absolute Gasteiger partial charge is 0.364 e. The van der Waals surface area contributed by atoms with Crippen LogP contribution < -0.4 is 38.5 Å². The Labute approximate surface area is 512 Å². The predicted molar refractivity (Wildman–Crippen MR) is 327 cm³/mol. The maximum atomic E-state index is 14.2. The van der Waals surface area contributed by atoms with Crippen molar-refractivity contribution in [3.05, 3.63) is 205 Å². The van der Waals surface area contributed by atoms with Gasteiger partial charge in [0.15, 0.2) is 11.4 Å². The van der Waals surface area contributed by atoms with Crippen LogP contribution in [0, 0.1) is 11.6 Å². The Morgan fingerprint density at radius 2 is 1.06 bits per heavy atom. The van der Waals surface area contributed by atoms with Crippen LogP contribution in [0.5, 0.6) is 0 Å². The summed E-state index contributed by atoms with van der Waals surface area (Å²) in [5.74, 6) is -5.77. The normalized spacial score (nSPS) is 10.7. The summed E-state index contributed by atoms with van der Waals surface area (Å²) in [4.78, 5) is 105. The summed E-state index contributed by atoms with van der Waals surface area (Å²) in [6.07, 6.45) is 0. The Balaban J connectivity index is 0.000000251. The van der Waals surface area contributed by atoms with Crippen molar-refractivity contribution in [2.24, 2.45) is 22.3 Å². The van der Waals surface area contributed by atoms with E-state index in [-0.39, 0.29) is 94.9 Å². The average molecular weight is 1240 g/mol. The van der Waals surface area contributed by atoms with Crippen LogP contribution in [0.3, 0.4) is 0 Å². The number of amides is 9. The van der Waals surface area contributed by atoms with Crippen molar-refractivity contribution in [3.8, 4) is 0 Å². The zero-order chi connectivity index (χ0) is 64.2. The molecule has 2 aromatic heterocycles. The number of anilines is 1. The highest BCUT2D eigenvalue weighted by Crippen LogP contribution is 2.25. The Bertz CT molecular complexity index is 3920. The number of primary amides is 2. The van der Waals surface area contributed by atoms with E-state index in [1.807, 2.05) is 60.7 Å². The molecule has 8 rings (SSSR count). The van der Waals surface area contributed by atoms with Gasteiger partial charge in [-0.3, -0.25) is 42.9 Å². The number of urea groups is 1. The fraction of sp³-hybridized carbons (Fsp3) is 0.233. The highest BCUT2D eigenvalue weighted by molar-refractivity contribution is 6.31. The van der Waals surface area contributed by atoms with Gasteiger partial charge in [0.2, 0.25) is 29.5 Å². The lowest BCUT2D eigenvalue weighted by molar-refractivity contribution is -0.138. The van der Waals surface area contributed by atoms with Crippen LogP contribution in [0.1, 0.15) is 81.3 Å². The van der Waals surface area contributed by atoms with E-state index in [2.05, 4.69) is 41.5 Å². The Morgan fingerprint density at radius 1 is 0.602 bits per heavy atom. The molecule has 458 valence electrons. The Morgan fingerprint density at radius 3 is 1.49 bits per heavy atom. The number of hydrogen-bond acceptors (Lipinski definition) is 11. The minimum Gasteiger partial charge on any atom is -0.364 e. The van der Waals surface area contributed by atoms with Crippen molar-refractivity contribution in [1.29, 1.82) is 0 Å². The van der Waals surface area contributed by atoms with E-state index in [1.165, 1.54) is 67.2 Å². The number of rotatable bonds is 21. The fourth-order valence-corrected chi connectivity index (χ4v) is 8.96. The number of benzene rings is 6. The molecule has 8 aromatic rings. The molecule has 2 heterocycles. The molecule has 0 aliphatic heterocycles. The Hall–Kier alpha value is -10.3. The van der Waals surface area contributed by atoms with E-state index in [0.29, 0.717) is 35.2 Å². The van der Waals surface area contributed by atoms with Crippen LogP contribution in [0.4, 0.5) is 19.3 Å². The van der Waals surface area contributed by atoms with E-state index in [0.717, 1.165) is 5.56 Å². The summed E-state index contributed by atoms with van der Waals surface area (Å²) < 4.78 is 30.8. The molecule has 6 aromatic carbocycles. The second-order valence-corrected chi connectivity index (χ2v) is 20.7. The smallest absolute Gasteiger partial charge is 0.319 e. The van der Waals surface area contributed by atoms with Crippen molar-refractivity contribution in [2.75, 3.05) is 18.4 Å². The van der Waals surface area contributed by atoms with Crippen LogP contribution >= 0.6 is 23.2 Å². The van der Waals surface area contributed by atoms with E-state index in [4.69, 9.17) is 45.9 Å². The standard InChI is InChI=1S/C30H31ClFN7O4.C23H22ClFN8O4.C7H9N/c1-18(2)38(16-25(40)34-15-20-9-6-10-23(31)27(20)32)26(41)17-39-24-12-11-21(13-22(24)28(37-39)29(33)42)36-30(43)35-14-19-7-4-3-5-8-19;1-12(2)32(10-18(34)28-9-14-4-3-5-16(24)20(14)25)19(35)11-33-17-7-6-13(23(37)29-31-27)8-15(17)21(30-33)22(26)36;8-6-7-4-2-1-3-5-7/h3-13,18H,14-17H2,1-2H3,(H2,33,42)(H,34,40)(H2,35,36,43);3-8,12H,9-11H2,1-2H3,(H2,26,36)(H,28,34);1-5H,6,8H2. The molecule has 0 fully saturated rings. The summed E-state index contributed by atoms with van der Waals surface area (Å²) in [5.41, 5.74) is 28.2. The number of hydrogen-bond donors (Lipinski definition) is 7. The molecule has 0 aliphatic carbocycles. The highest BCUT2D eigenvalue weighted by Gasteiger charge is 2.26. The van der Waals surface area contributed by atoms with Crippen LogP contribution in [-0.2, 0) is 58.4 Å². The zero-order valence-corrected chi connectivity index (χ0v) is 49.6.